The SMILES string of the molecule is CN=C1NC#CCC2CCCC2(Cc2ccc(O)c(OC)c2)C(=O)C=CCC2(CCCC2)c2cc(c(O)c(OC3(CNC)CCC(CCOC(CCO)NCC(C)O)C3)c2)N1. The van der Waals surface area contributed by atoms with Crippen molar-refractivity contribution in [2.45, 2.75) is 127 Å². The first-order chi connectivity index (χ1) is 29.5. The largest absolute Gasteiger partial charge is 0.504 e. The maximum atomic E-state index is 14.7. The van der Waals surface area contributed by atoms with Crippen LogP contribution in [-0.4, -0.2) is 97.6 Å². The highest BCUT2D eigenvalue weighted by atomic mass is 16.5. The van der Waals surface area contributed by atoms with Crippen LogP contribution in [0.5, 0.6) is 23.0 Å². The number of rotatable bonds is 16. The van der Waals surface area contributed by atoms with Crippen LogP contribution in [0.25, 0.3) is 0 Å². The lowest BCUT2D eigenvalue weighted by Gasteiger charge is -2.34. The zero-order valence-electron chi connectivity index (χ0n) is 36.7. The number of benzene rings is 2. The van der Waals surface area contributed by atoms with E-state index < -0.39 is 17.1 Å². The van der Waals surface area contributed by atoms with Crippen molar-refractivity contribution in [3.05, 3.63) is 53.6 Å². The topological polar surface area (TPSA) is 186 Å². The van der Waals surface area contributed by atoms with Gasteiger partial charge in [-0.3, -0.25) is 20.4 Å². The number of guanidine groups is 1. The minimum absolute atomic E-state index is 0.000430. The van der Waals surface area contributed by atoms with Gasteiger partial charge in [0.1, 0.15) is 11.8 Å². The van der Waals surface area contributed by atoms with E-state index >= 15 is 0 Å². The molecule has 1 aliphatic heterocycles. The number of hydrogen-bond acceptors (Lipinski definition) is 11. The molecule has 4 aliphatic rings. The van der Waals surface area contributed by atoms with Gasteiger partial charge in [-0.05, 0) is 137 Å². The Labute approximate surface area is 362 Å². The molecule has 3 fully saturated rings. The normalized spacial score (nSPS) is 26.6. The van der Waals surface area contributed by atoms with E-state index in [1.807, 2.05) is 37.4 Å². The molecule has 6 unspecified atom stereocenters. The van der Waals surface area contributed by atoms with Gasteiger partial charge in [0.25, 0.3) is 0 Å². The van der Waals surface area contributed by atoms with Crippen LogP contribution in [0.15, 0.2) is 47.5 Å². The summed E-state index contributed by atoms with van der Waals surface area (Å²) in [6.07, 6.45) is 15.0. The number of ether oxygens (including phenoxy) is 3. The van der Waals surface area contributed by atoms with Gasteiger partial charge in [0.2, 0.25) is 5.96 Å². The molecule has 1 heterocycles. The Morgan fingerprint density at radius 3 is 2.62 bits per heavy atom. The molecule has 334 valence electrons. The van der Waals surface area contributed by atoms with Crippen molar-refractivity contribution < 1.29 is 39.4 Å². The third-order valence-electron chi connectivity index (χ3n) is 13.7. The number of ketones is 1. The quantitative estimate of drug-likeness (QED) is 0.0558. The highest BCUT2D eigenvalue weighted by Gasteiger charge is 2.48. The molecule has 2 bridgehead atoms. The highest BCUT2D eigenvalue weighted by molar-refractivity contribution is 5.97. The van der Waals surface area contributed by atoms with Gasteiger partial charge >= 0.3 is 0 Å². The second-order valence-electron chi connectivity index (χ2n) is 17.9. The molecule has 6 atom stereocenters. The molecule has 6 rings (SSSR count). The van der Waals surface area contributed by atoms with E-state index in [0.717, 1.165) is 81.8 Å². The molecule has 0 aromatic heterocycles. The molecule has 3 aliphatic carbocycles. The van der Waals surface area contributed by atoms with Gasteiger partial charge in [0.05, 0.1) is 18.9 Å². The summed E-state index contributed by atoms with van der Waals surface area (Å²) in [5.74, 6) is 5.02. The average molecular weight is 844 g/mol. The van der Waals surface area contributed by atoms with Gasteiger partial charge < -0.3 is 45.3 Å². The van der Waals surface area contributed by atoms with Crippen LogP contribution < -0.4 is 30.7 Å². The van der Waals surface area contributed by atoms with E-state index in [2.05, 4.69) is 44.3 Å². The van der Waals surface area contributed by atoms with E-state index in [0.29, 0.717) is 74.4 Å². The van der Waals surface area contributed by atoms with E-state index in [1.54, 1.807) is 20.0 Å². The highest BCUT2D eigenvalue weighted by Crippen LogP contribution is 2.52. The number of carbonyl (C=O) groups is 1. The van der Waals surface area contributed by atoms with Gasteiger partial charge in [-0.15, -0.1) is 0 Å². The predicted octanol–water partition coefficient (Wildman–Crippen LogP) is 6.04. The predicted molar refractivity (Wildman–Crippen MR) is 238 cm³/mol. The second-order valence-corrected chi connectivity index (χ2v) is 17.9. The van der Waals surface area contributed by atoms with Crippen molar-refractivity contribution in [3.8, 4) is 35.0 Å². The molecule has 0 amide bonds. The van der Waals surface area contributed by atoms with E-state index in [4.69, 9.17) is 14.2 Å². The number of hydrogen-bond donors (Lipinski definition) is 8. The van der Waals surface area contributed by atoms with Crippen LogP contribution in [0.3, 0.4) is 0 Å². The Morgan fingerprint density at radius 1 is 1.07 bits per heavy atom. The zero-order chi connectivity index (χ0) is 43.5. The number of aliphatic hydroxyl groups is 2. The Kier molecular flexibility index (Phi) is 16.0. The molecule has 0 radical (unpaired) electrons. The second kappa shape index (κ2) is 21.2. The third-order valence-corrected chi connectivity index (χ3v) is 13.7. The summed E-state index contributed by atoms with van der Waals surface area (Å²) in [4.78, 5) is 19.1. The smallest absolute Gasteiger partial charge is 0.207 e. The monoisotopic (exact) mass is 844 g/mol. The van der Waals surface area contributed by atoms with Crippen LogP contribution >= 0.6 is 0 Å². The number of likely N-dealkylation sites (N-methyl/N-ethyl adjacent to an activating group) is 1. The number of phenols is 2. The number of methoxy groups -OCH3 is 1. The molecule has 13 nitrogen and oxygen atoms in total. The number of nitrogens with one attached hydrogen (secondary N) is 4. The molecule has 2 aromatic carbocycles. The number of allylic oxidation sites excluding steroid dienone is 2. The molecule has 8 N–H and O–H groups in total. The van der Waals surface area contributed by atoms with Crippen molar-refractivity contribution in [3.63, 3.8) is 0 Å². The number of carbonyl (C=O) groups excluding carboxylic acids is 1. The molecule has 1 spiro atoms. The summed E-state index contributed by atoms with van der Waals surface area (Å²) < 4.78 is 18.6. The lowest BCUT2D eigenvalue weighted by molar-refractivity contribution is -0.125. The zero-order valence-corrected chi connectivity index (χ0v) is 36.7. The fourth-order valence-electron chi connectivity index (χ4n) is 10.5. The maximum Gasteiger partial charge on any atom is 0.207 e. The fourth-order valence-corrected chi connectivity index (χ4v) is 10.5. The van der Waals surface area contributed by atoms with Crippen molar-refractivity contribution in [1.82, 2.24) is 16.0 Å². The van der Waals surface area contributed by atoms with Crippen LogP contribution in [-0.2, 0) is 21.4 Å². The van der Waals surface area contributed by atoms with Gasteiger partial charge in [0.15, 0.2) is 28.8 Å². The summed E-state index contributed by atoms with van der Waals surface area (Å²) in [5.41, 5.74) is 0.949. The first-order valence-corrected chi connectivity index (χ1v) is 22.4. The Bertz CT molecular complexity index is 1920. The van der Waals surface area contributed by atoms with Crippen LogP contribution in [0, 0.1) is 29.2 Å². The number of aromatic hydroxyl groups is 2. The van der Waals surface area contributed by atoms with Gasteiger partial charge in [0, 0.05) is 57.7 Å². The minimum Gasteiger partial charge on any atom is -0.504 e. The van der Waals surface area contributed by atoms with Crippen molar-refractivity contribution in [2.24, 2.45) is 22.2 Å². The Morgan fingerprint density at radius 2 is 1.89 bits per heavy atom. The summed E-state index contributed by atoms with van der Waals surface area (Å²) >= 11 is 0. The molecular formula is C48H69N5O8. The first kappa shape index (κ1) is 46.2. The van der Waals surface area contributed by atoms with Crippen LogP contribution in [0.2, 0.25) is 0 Å². The van der Waals surface area contributed by atoms with Crippen molar-refractivity contribution in [2.75, 3.05) is 52.8 Å². The van der Waals surface area contributed by atoms with Gasteiger partial charge in [-0.1, -0.05) is 37.3 Å². The Balaban J connectivity index is 1.29. The van der Waals surface area contributed by atoms with E-state index in [9.17, 15) is 25.2 Å². The van der Waals surface area contributed by atoms with Gasteiger partial charge in [-0.25, -0.2) is 0 Å². The summed E-state index contributed by atoms with van der Waals surface area (Å²) in [7, 11) is 5.13. The third kappa shape index (κ3) is 11.2. The first-order valence-electron chi connectivity index (χ1n) is 22.4. The minimum atomic E-state index is -0.650. The number of anilines is 1. The standard InChI is InChI=1S/C48H69N5O8/c1-33(55)31-52-43(16-24-54)60-25-17-34-15-22-47(29-34,32-49-2)61-41-28-37-27-38(44(41)58)53-45(50-3)51-23-9-11-36-10-7-21-48(36,30-35-13-14-39(56)40(26-35)59-4)42(57)12-8-20-46(37)18-5-6-19-46/h8,12-14,26-28,33-34,36,43,49,52,54-56,58H,5-7,10-11,15-22,24-25,29-32H2,1-4H3,(H2,50,51,53). The van der Waals surface area contributed by atoms with Crippen LogP contribution in [0.4, 0.5) is 5.69 Å². The number of nitrogens with zero attached hydrogens (tertiary/aromatic N) is 1. The summed E-state index contributed by atoms with van der Waals surface area (Å²) in [5, 5.41) is 54.6. The number of aliphatic hydroxyl groups excluding tert-OH is 2. The molecule has 2 aromatic rings. The number of fused-ring (bicyclic) bond motifs is 4. The lowest BCUT2D eigenvalue weighted by atomic mass is 9.68. The maximum absolute atomic E-state index is 14.7. The Hall–Kier alpha value is -4.32. The van der Waals surface area contributed by atoms with Crippen molar-refractivity contribution in [1.29, 1.82) is 0 Å². The molecule has 3 saturated carbocycles. The molecule has 0 saturated heterocycles. The average Bonchev–Trinajstić information content (AvgIpc) is 4.00. The van der Waals surface area contributed by atoms with E-state index in [1.165, 1.54) is 7.11 Å². The lowest BCUT2D eigenvalue weighted by Crippen LogP contribution is -2.43. The fraction of sp³-hybridized carbons (Fsp3) is 0.625. The summed E-state index contributed by atoms with van der Waals surface area (Å²) in [6, 6.07) is 12.5. The number of aliphatic imine (C=N–C) groups is 1. The van der Waals surface area contributed by atoms with E-state index in [-0.39, 0.29) is 41.4 Å². The van der Waals surface area contributed by atoms with Crippen LogP contribution in [0.1, 0.15) is 108 Å². The number of phenolic OH excluding ortho intramolecular Hbond substituents is 2. The summed E-state index contributed by atoms with van der Waals surface area (Å²) in [6.45, 7) is 3.19. The molecule has 61 heavy (non-hydrogen) atoms. The molecule has 13 heteroatoms. The van der Waals surface area contributed by atoms with Gasteiger partial charge in [-0.2, -0.15) is 0 Å². The molecular weight excluding hydrogens is 775 g/mol. The van der Waals surface area contributed by atoms with Crippen molar-refractivity contribution >= 4 is 17.4 Å².